The fourth-order valence-electron chi connectivity index (χ4n) is 5.25. The van der Waals surface area contributed by atoms with Crippen LogP contribution in [0.2, 0.25) is 5.02 Å². The van der Waals surface area contributed by atoms with Crippen molar-refractivity contribution < 1.29 is 4.79 Å². The van der Waals surface area contributed by atoms with E-state index in [-0.39, 0.29) is 17.9 Å². The van der Waals surface area contributed by atoms with Crippen molar-refractivity contribution in [3.63, 3.8) is 0 Å². The summed E-state index contributed by atoms with van der Waals surface area (Å²) < 4.78 is 0. The van der Waals surface area contributed by atoms with Crippen molar-refractivity contribution in [3.8, 4) is 0 Å². The van der Waals surface area contributed by atoms with Gasteiger partial charge in [0.15, 0.2) is 5.43 Å². The number of carbonyl (C=O) groups excluding carboxylic acids is 1. The standard InChI is InChI=1S/C27H39ClN4O2/c1-7-24-23(26(33)13-17(3)30-24)16-29-27(34)22-14-19(28)15-25(18(22)4)32(8-2)21-11-9-20(10-12-21)31(5)6/h13-15,20-21H,7-12,16H2,1-6H3,(H,29,34)(H,30,33). The summed E-state index contributed by atoms with van der Waals surface area (Å²) in [5.41, 5.74) is 4.75. The third kappa shape index (κ3) is 5.84. The summed E-state index contributed by atoms with van der Waals surface area (Å²) in [6, 6.07) is 6.36. The second-order valence-corrected chi connectivity index (χ2v) is 10.1. The average Bonchev–Trinajstić information content (AvgIpc) is 2.80. The number of amides is 1. The predicted molar refractivity (Wildman–Crippen MR) is 141 cm³/mol. The number of hydrogen-bond acceptors (Lipinski definition) is 4. The van der Waals surface area contributed by atoms with Crippen molar-refractivity contribution in [1.82, 2.24) is 15.2 Å². The van der Waals surface area contributed by atoms with Gasteiger partial charge >= 0.3 is 0 Å². The van der Waals surface area contributed by atoms with Crippen LogP contribution in [0.3, 0.4) is 0 Å². The number of aromatic amines is 1. The number of benzene rings is 1. The van der Waals surface area contributed by atoms with E-state index in [9.17, 15) is 9.59 Å². The van der Waals surface area contributed by atoms with Crippen molar-refractivity contribution in [2.24, 2.45) is 0 Å². The molecule has 1 fully saturated rings. The molecule has 1 aliphatic carbocycles. The summed E-state index contributed by atoms with van der Waals surface area (Å²) in [5.74, 6) is -0.212. The van der Waals surface area contributed by atoms with Gasteiger partial charge in [0.2, 0.25) is 0 Å². The Morgan fingerprint density at radius 2 is 1.74 bits per heavy atom. The number of rotatable bonds is 8. The molecule has 3 rings (SSSR count). The molecular formula is C27H39ClN4O2. The lowest BCUT2D eigenvalue weighted by Gasteiger charge is -2.40. The molecule has 186 valence electrons. The molecule has 1 amide bonds. The first-order valence-corrected chi connectivity index (χ1v) is 12.8. The van der Waals surface area contributed by atoms with E-state index in [1.807, 2.05) is 26.8 Å². The maximum Gasteiger partial charge on any atom is 0.251 e. The zero-order chi connectivity index (χ0) is 25.0. The lowest BCUT2D eigenvalue weighted by Crippen LogP contribution is -2.42. The molecule has 1 aromatic carbocycles. The van der Waals surface area contributed by atoms with E-state index in [0.717, 1.165) is 42.0 Å². The molecule has 1 aromatic heterocycles. The highest BCUT2D eigenvalue weighted by Crippen LogP contribution is 2.34. The van der Waals surface area contributed by atoms with E-state index < -0.39 is 0 Å². The van der Waals surface area contributed by atoms with Crippen molar-refractivity contribution in [1.29, 1.82) is 0 Å². The molecule has 0 radical (unpaired) electrons. The molecule has 0 aliphatic heterocycles. The molecule has 1 aliphatic rings. The third-order valence-electron chi connectivity index (χ3n) is 7.21. The van der Waals surface area contributed by atoms with Gasteiger partial charge in [0, 0.05) is 64.5 Å². The molecule has 34 heavy (non-hydrogen) atoms. The van der Waals surface area contributed by atoms with Crippen molar-refractivity contribution in [3.05, 3.63) is 61.5 Å². The zero-order valence-corrected chi connectivity index (χ0v) is 22.2. The first kappa shape index (κ1) is 26.3. The van der Waals surface area contributed by atoms with E-state index in [1.54, 1.807) is 12.1 Å². The smallest absolute Gasteiger partial charge is 0.251 e. The molecule has 1 saturated carbocycles. The quantitative estimate of drug-likeness (QED) is 0.560. The van der Waals surface area contributed by atoms with Gasteiger partial charge in [-0.1, -0.05) is 18.5 Å². The maximum absolute atomic E-state index is 13.2. The molecular weight excluding hydrogens is 448 g/mol. The van der Waals surface area contributed by atoms with Crippen LogP contribution in [0.15, 0.2) is 23.0 Å². The van der Waals surface area contributed by atoms with Crippen LogP contribution in [0.4, 0.5) is 5.69 Å². The third-order valence-corrected chi connectivity index (χ3v) is 7.43. The molecule has 6 nitrogen and oxygen atoms in total. The van der Waals surface area contributed by atoms with Crippen LogP contribution in [-0.4, -0.2) is 48.5 Å². The minimum atomic E-state index is -0.212. The largest absolute Gasteiger partial charge is 0.369 e. The highest BCUT2D eigenvalue weighted by atomic mass is 35.5. The van der Waals surface area contributed by atoms with Crippen LogP contribution < -0.4 is 15.6 Å². The van der Waals surface area contributed by atoms with Gasteiger partial charge in [-0.2, -0.15) is 0 Å². The minimum Gasteiger partial charge on any atom is -0.369 e. The number of carbonyl (C=O) groups is 1. The SMILES string of the molecule is CCc1[nH]c(C)cc(=O)c1CNC(=O)c1cc(Cl)cc(N(CC)C2CCC(N(C)C)CC2)c1C. The molecule has 1 heterocycles. The second-order valence-electron chi connectivity index (χ2n) is 9.62. The highest BCUT2D eigenvalue weighted by Gasteiger charge is 2.28. The summed E-state index contributed by atoms with van der Waals surface area (Å²) in [6.45, 7) is 9.06. The van der Waals surface area contributed by atoms with Gasteiger partial charge < -0.3 is 20.1 Å². The van der Waals surface area contributed by atoms with Gasteiger partial charge in [-0.15, -0.1) is 0 Å². The molecule has 7 heteroatoms. The van der Waals surface area contributed by atoms with E-state index in [4.69, 9.17) is 11.6 Å². The Hall–Kier alpha value is -2.31. The zero-order valence-electron chi connectivity index (χ0n) is 21.4. The normalized spacial score (nSPS) is 18.2. The number of hydrogen-bond donors (Lipinski definition) is 2. The topological polar surface area (TPSA) is 68.4 Å². The van der Waals surface area contributed by atoms with E-state index >= 15 is 0 Å². The number of nitrogens with zero attached hydrogens (tertiary/aromatic N) is 2. The molecule has 0 bridgehead atoms. The van der Waals surface area contributed by atoms with Gasteiger partial charge in [-0.3, -0.25) is 9.59 Å². The van der Waals surface area contributed by atoms with Gasteiger partial charge in [-0.25, -0.2) is 0 Å². The Kier molecular flexibility index (Phi) is 8.83. The van der Waals surface area contributed by atoms with Crippen LogP contribution >= 0.6 is 11.6 Å². The summed E-state index contributed by atoms with van der Waals surface area (Å²) in [4.78, 5) is 33.7. The number of nitrogens with one attached hydrogen (secondary N) is 2. The molecule has 0 saturated heterocycles. The number of aromatic nitrogens is 1. The predicted octanol–water partition coefficient (Wildman–Crippen LogP) is 4.84. The molecule has 0 atom stereocenters. The Labute approximate surface area is 208 Å². The number of aryl methyl sites for hydroxylation is 2. The summed E-state index contributed by atoms with van der Waals surface area (Å²) in [5, 5.41) is 3.51. The first-order chi connectivity index (χ1) is 16.2. The lowest BCUT2D eigenvalue weighted by molar-refractivity contribution is 0.0950. The van der Waals surface area contributed by atoms with Gasteiger partial charge in [0.1, 0.15) is 0 Å². The monoisotopic (exact) mass is 486 g/mol. The van der Waals surface area contributed by atoms with Crippen molar-refractivity contribution in [2.75, 3.05) is 25.5 Å². The number of halogens is 1. The maximum atomic E-state index is 13.2. The van der Waals surface area contributed by atoms with Crippen LogP contribution in [0, 0.1) is 13.8 Å². The summed E-state index contributed by atoms with van der Waals surface area (Å²) in [6.07, 6.45) is 5.29. The Balaban J connectivity index is 1.82. The first-order valence-electron chi connectivity index (χ1n) is 12.4. The van der Waals surface area contributed by atoms with Crippen LogP contribution in [0.25, 0.3) is 0 Å². The number of pyridine rings is 1. The van der Waals surface area contributed by atoms with Crippen LogP contribution in [0.1, 0.15) is 72.4 Å². The van der Waals surface area contributed by atoms with Gasteiger partial charge in [0.25, 0.3) is 5.91 Å². The van der Waals surface area contributed by atoms with Crippen LogP contribution in [0.5, 0.6) is 0 Å². The number of H-pyrrole nitrogens is 1. The minimum absolute atomic E-state index is 0.0533. The molecule has 2 aromatic rings. The van der Waals surface area contributed by atoms with Crippen molar-refractivity contribution in [2.45, 2.75) is 78.4 Å². The van der Waals surface area contributed by atoms with Gasteiger partial charge in [-0.05, 0) is 84.7 Å². The van der Waals surface area contributed by atoms with Crippen molar-refractivity contribution >= 4 is 23.2 Å². The lowest BCUT2D eigenvalue weighted by atomic mass is 9.89. The fourth-order valence-corrected chi connectivity index (χ4v) is 5.46. The van der Waals surface area contributed by atoms with Crippen LogP contribution in [-0.2, 0) is 13.0 Å². The average molecular weight is 487 g/mol. The molecule has 2 N–H and O–H groups in total. The Morgan fingerprint density at radius 1 is 1.09 bits per heavy atom. The highest BCUT2D eigenvalue weighted by molar-refractivity contribution is 6.31. The Morgan fingerprint density at radius 3 is 2.32 bits per heavy atom. The molecule has 0 unspecified atom stereocenters. The van der Waals surface area contributed by atoms with E-state index in [0.29, 0.717) is 34.7 Å². The second kappa shape index (κ2) is 11.4. The summed E-state index contributed by atoms with van der Waals surface area (Å²) in [7, 11) is 4.31. The fraction of sp³-hybridized carbons (Fsp3) is 0.556. The van der Waals surface area contributed by atoms with E-state index in [1.165, 1.54) is 12.8 Å². The number of anilines is 1. The molecule has 0 spiro atoms. The Bertz CT molecular complexity index is 1070. The summed E-state index contributed by atoms with van der Waals surface area (Å²) >= 11 is 6.51. The van der Waals surface area contributed by atoms with Gasteiger partial charge in [0.05, 0.1) is 0 Å². The van der Waals surface area contributed by atoms with E-state index in [2.05, 4.69) is 41.1 Å².